The lowest BCUT2D eigenvalue weighted by Gasteiger charge is -2.13. The smallest absolute Gasteiger partial charge is 0.262 e. The van der Waals surface area contributed by atoms with Crippen LogP contribution in [0, 0.1) is 6.92 Å². The number of benzene rings is 2. The summed E-state index contributed by atoms with van der Waals surface area (Å²) in [5.74, 6) is 3.19. The first-order valence-corrected chi connectivity index (χ1v) is 12.0. The van der Waals surface area contributed by atoms with E-state index in [1.165, 1.54) is 26.4 Å². The van der Waals surface area contributed by atoms with E-state index in [9.17, 15) is 8.42 Å². The van der Waals surface area contributed by atoms with Crippen LogP contribution in [0.4, 0.5) is 28.8 Å². The Hall–Kier alpha value is -4.38. The molecule has 0 unspecified atom stereocenters. The largest absolute Gasteiger partial charge is 0.493 e. The SMILES string of the molecule is COc1ccc(S(=O)(=O)Nc2ccc(Nc3cc(Nc4ccccn4)nc(C)n3)cc2)cc1OC. The lowest BCUT2D eigenvalue weighted by Crippen LogP contribution is -2.13. The Bertz CT molecular complexity index is 1410. The minimum Gasteiger partial charge on any atom is -0.493 e. The molecule has 0 bridgehead atoms. The van der Waals surface area contributed by atoms with Crippen molar-refractivity contribution in [2.24, 2.45) is 0 Å². The highest BCUT2D eigenvalue weighted by Gasteiger charge is 2.17. The third-order valence-corrected chi connectivity index (χ3v) is 6.21. The highest BCUT2D eigenvalue weighted by atomic mass is 32.2. The molecule has 2 heterocycles. The average Bonchev–Trinajstić information content (AvgIpc) is 2.85. The van der Waals surface area contributed by atoms with Crippen molar-refractivity contribution in [2.45, 2.75) is 11.8 Å². The molecule has 0 spiro atoms. The normalized spacial score (nSPS) is 10.9. The minimum atomic E-state index is -3.82. The molecule has 0 fully saturated rings. The van der Waals surface area contributed by atoms with Crippen LogP contribution in [0.3, 0.4) is 0 Å². The minimum absolute atomic E-state index is 0.0572. The van der Waals surface area contributed by atoms with E-state index in [-0.39, 0.29) is 4.90 Å². The first-order valence-electron chi connectivity index (χ1n) is 10.5. The molecule has 3 N–H and O–H groups in total. The van der Waals surface area contributed by atoms with Crippen molar-refractivity contribution >= 4 is 38.9 Å². The van der Waals surface area contributed by atoms with Gasteiger partial charge in [0.1, 0.15) is 23.3 Å². The van der Waals surface area contributed by atoms with Gasteiger partial charge in [0, 0.05) is 29.7 Å². The Kier molecular flexibility index (Phi) is 6.97. The second-order valence-electron chi connectivity index (χ2n) is 7.35. The molecule has 2 aromatic carbocycles. The number of rotatable bonds is 9. The number of aryl methyl sites for hydroxylation is 1. The molecule has 0 saturated carbocycles. The van der Waals surface area contributed by atoms with Crippen LogP contribution in [0.15, 0.2) is 77.8 Å². The van der Waals surface area contributed by atoms with E-state index in [1.807, 2.05) is 18.2 Å². The van der Waals surface area contributed by atoms with Gasteiger partial charge in [0.15, 0.2) is 11.5 Å². The van der Waals surface area contributed by atoms with Gasteiger partial charge in [-0.05, 0) is 55.5 Å². The second-order valence-corrected chi connectivity index (χ2v) is 9.03. The Morgan fingerprint density at radius 1 is 0.743 bits per heavy atom. The molecule has 2 aromatic heterocycles. The second kappa shape index (κ2) is 10.3. The van der Waals surface area contributed by atoms with E-state index in [4.69, 9.17) is 9.47 Å². The Morgan fingerprint density at radius 3 is 2.09 bits per heavy atom. The highest BCUT2D eigenvalue weighted by Crippen LogP contribution is 2.30. The number of pyridine rings is 1. The van der Waals surface area contributed by atoms with Gasteiger partial charge >= 0.3 is 0 Å². The summed E-state index contributed by atoms with van der Waals surface area (Å²) in [6, 6.07) is 18.5. The number of hydrogen-bond donors (Lipinski definition) is 3. The first-order chi connectivity index (χ1) is 16.9. The molecule has 11 heteroatoms. The van der Waals surface area contributed by atoms with Gasteiger partial charge in [-0.15, -0.1) is 0 Å². The van der Waals surface area contributed by atoms with Crippen LogP contribution in [0.5, 0.6) is 11.5 Å². The molecule has 0 amide bonds. The molecule has 0 saturated heterocycles. The van der Waals surface area contributed by atoms with Crippen molar-refractivity contribution in [1.29, 1.82) is 0 Å². The third kappa shape index (κ3) is 5.95. The van der Waals surface area contributed by atoms with E-state index in [0.29, 0.717) is 40.5 Å². The van der Waals surface area contributed by atoms with Crippen LogP contribution in [0.25, 0.3) is 0 Å². The fraction of sp³-hybridized carbons (Fsp3) is 0.125. The molecule has 0 atom stereocenters. The van der Waals surface area contributed by atoms with Crippen LogP contribution < -0.4 is 24.8 Å². The predicted molar refractivity (Wildman–Crippen MR) is 134 cm³/mol. The molecule has 4 rings (SSSR count). The zero-order valence-corrected chi connectivity index (χ0v) is 20.1. The van der Waals surface area contributed by atoms with Crippen LogP contribution in [-0.4, -0.2) is 37.6 Å². The molecule has 0 aliphatic carbocycles. The maximum Gasteiger partial charge on any atom is 0.262 e. The number of hydrogen-bond acceptors (Lipinski definition) is 9. The van der Waals surface area contributed by atoms with Crippen LogP contribution in [0.1, 0.15) is 5.82 Å². The summed E-state index contributed by atoms with van der Waals surface area (Å²) in [5.41, 5.74) is 1.13. The first kappa shape index (κ1) is 23.8. The molecule has 35 heavy (non-hydrogen) atoms. The van der Waals surface area contributed by atoms with Gasteiger partial charge in [-0.25, -0.2) is 23.4 Å². The van der Waals surface area contributed by atoms with E-state index < -0.39 is 10.0 Å². The summed E-state index contributed by atoms with van der Waals surface area (Å²) in [7, 11) is -0.889. The molecule has 0 radical (unpaired) electrons. The number of sulfonamides is 1. The van der Waals surface area contributed by atoms with E-state index in [1.54, 1.807) is 49.5 Å². The van der Waals surface area contributed by atoms with Crippen molar-refractivity contribution in [1.82, 2.24) is 15.0 Å². The van der Waals surface area contributed by atoms with Gasteiger partial charge in [-0.2, -0.15) is 0 Å². The summed E-state index contributed by atoms with van der Waals surface area (Å²) in [5, 5.41) is 6.34. The molecule has 180 valence electrons. The zero-order valence-electron chi connectivity index (χ0n) is 19.3. The van der Waals surface area contributed by atoms with E-state index in [0.717, 1.165) is 5.69 Å². The number of aromatic nitrogens is 3. The van der Waals surface area contributed by atoms with Crippen LogP contribution >= 0.6 is 0 Å². The molecular formula is C24H24N6O4S. The molecule has 10 nitrogen and oxygen atoms in total. The van der Waals surface area contributed by atoms with Crippen LogP contribution in [-0.2, 0) is 10.0 Å². The van der Waals surface area contributed by atoms with Gasteiger partial charge in [0.2, 0.25) is 0 Å². The zero-order chi connectivity index (χ0) is 24.8. The summed E-state index contributed by atoms with van der Waals surface area (Å²) < 4.78 is 38.6. The van der Waals surface area contributed by atoms with Gasteiger partial charge in [-0.3, -0.25) is 4.72 Å². The highest BCUT2D eigenvalue weighted by molar-refractivity contribution is 7.92. The van der Waals surface area contributed by atoms with Gasteiger partial charge in [0.25, 0.3) is 10.0 Å². The van der Waals surface area contributed by atoms with Crippen molar-refractivity contribution < 1.29 is 17.9 Å². The van der Waals surface area contributed by atoms with Crippen molar-refractivity contribution in [3.8, 4) is 11.5 Å². The average molecular weight is 493 g/mol. The van der Waals surface area contributed by atoms with E-state index >= 15 is 0 Å². The van der Waals surface area contributed by atoms with Crippen LogP contribution in [0.2, 0.25) is 0 Å². The fourth-order valence-electron chi connectivity index (χ4n) is 3.23. The Balaban J connectivity index is 1.47. The number of methoxy groups -OCH3 is 2. The topological polar surface area (TPSA) is 127 Å². The summed E-state index contributed by atoms with van der Waals surface area (Å²) >= 11 is 0. The lowest BCUT2D eigenvalue weighted by molar-refractivity contribution is 0.354. The van der Waals surface area contributed by atoms with E-state index in [2.05, 4.69) is 30.3 Å². The lowest BCUT2D eigenvalue weighted by atomic mass is 10.3. The third-order valence-electron chi connectivity index (χ3n) is 4.83. The quantitative estimate of drug-likeness (QED) is 0.310. The number of ether oxygens (including phenoxy) is 2. The van der Waals surface area contributed by atoms with Crippen molar-refractivity contribution in [2.75, 3.05) is 29.6 Å². The Labute approximate surface area is 203 Å². The number of nitrogens with zero attached hydrogens (tertiary/aromatic N) is 3. The maximum atomic E-state index is 12.8. The fourth-order valence-corrected chi connectivity index (χ4v) is 4.30. The Morgan fingerprint density at radius 2 is 1.43 bits per heavy atom. The monoisotopic (exact) mass is 492 g/mol. The number of nitrogens with one attached hydrogen (secondary N) is 3. The standard InChI is InChI=1S/C24H24N6O4S/c1-16-26-23(15-24(27-16)29-22-6-4-5-13-25-22)28-17-7-9-18(10-8-17)30-35(31,32)19-11-12-20(33-2)21(14-19)34-3/h4-15,30H,1-3H3,(H2,25,26,27,28,29). The summed E-state index contributed by atoms with van der Waals surface area (Å²) in [6.07, 6.45) is 1.69. The van der Waals surface area contributed by atoms with Gasteiger partial charge in [0.05, 0.1) is 19.1 Å². The molecule has 4 aromatic rings. The molecule has 0 aliphatic rings. The molecular weight excluding hydrogens is 468 g/mol. The van der Waals surface area contributed by atoms with Gasteiger partial charge in [-0.1, -0.05) is 6.07 Å². The predicted octanol–water partition coefficient (Wildman–Crippen LogP) is 4.49. The molecule has 0 aliphatic heterocycles. The maximum absolute atomic E-state index is 12.8. The summed E-state index contributed by atoms with van der Waals surface area (Å²) in [4.78, 5) is 13.1. The van der Waals surface area contributed by atoms with Gasteiger partial charge < -0.3 is 20.1 Å². The van der Waals surface area contributed by atoms with Crippen molar-refractivity contribution in [3.05, 3.63) is 78.8 Å². The number of anilines is 5. The van der Waals surface area contributed by atoms with Crippen molar-refractivity contribution in [3.63, 3.8) is 0 Å². The summed E-state index contributed by atoms with van der Waals surface area (Å²) in [6.45, 7) is 1.79.